The van der Waals surface area contributed by atoms with Crippen molar-refractivity contribution in [2.24, 2.45) is 5.41 Å². The molecule has 0 saturated carbocycles. The monoisotopic (exact) mass is 564 g/mol. The minimum atomic E-state index is -3.33. The molecule has 10 heteroatoms. The molecule has 0 radical (unpaired) electrons. The molecule has 0 unspecified atom stereocenters. The van der Waals surface area contributed by atoms with E-state index in [0.717, 1.165) is 25.3 Å². The summed E-state index contributed by atoms with van der Waals surface area (Å²) < 4.78 is 5.74. The minimum absolute atomic E-state index is 0.114. The van der Waals surface area contributed by atoms with Crippen LogP contribution in [0.2, 0.25) is 0 Å². The number of aliphatic hydroxyl groups excluding tert-OH is 2. The maximum absolute atomic E-state index is 14.1. The Kier molecular flexibility index (Phi) is 5.33. The number of Topliss-reactive ketones (excluding diaryl/α,β-unsaturated/α-hetero) is 3. The van der Waals surface area contributed by atoms with Crippen molar-refractivity contribution in [2.45, 2.75) is 76.1 Å². The molecule has 2 aromatic carbocycles. The third-order valence-corrected chi connectivity index (χ3v) is 10.3. The van der Waals surface area contributed by atoms with Crippen molar-refractivity contribution in [3.63, 3.8) is 0 Å². The second-order valence-corrected chi connectivity index (χ2v) is 12.5. The zero-order valence-corrected chi connectivity index (χ0v) is 23.4. The summed E-state index contributed by atoms with van der Waals surface area (Å²) in [6.07, 6.45) is 0.663. The number of benzene rings is 2. The summed E-state index contributed by atoms with van der Waals surface area (Å²) in [7, 11) is 1.45. The molecule has 41 heavy (non-hydrogen) atoms. The highest BCUT2D eigenvalue weighted by Gasteiger charge is 2.71. The van der Waals surface area contributed by atoms with Crippen molar-refractivity contribution in [1.82, 2.24) is 0 Å². The van der Waals surface area contributed by atoms with Gasteiger partial charge in [0.05, 0.1) is 18.1 Å². The molecule has 0 bridgehead atoms. The molecular formula is C31H32O10. The SMILES string of the molecule is COc1cc(O)c2c(O)c3c(c4c2c1[C@]1(C4)C(C)=CCCC1(C)C)[C@H](O)[C@@]1(O)CC(=O)C(C(C)=O)=C(O)[C@@]1(O)C3=O. The normalized spacial score (nSPS) is 31.8. The van der Waals surface area contributed by atoms with Crippen molar-refractivity contribution in [2.75, 3.05) is 7.11 Å². The lowest BCUT2D eigenvalue weighted by molar-refractivity contribution is -0.193. The van der Waals surface area contributed by atoms with Gasteiger partial charge in [-0.15, -0.1) is 0 Å². The van der Waals surface area contributed by atoms with Crippen molar-refractivity contribution < 1.29 is 49.8 Å². The van der Waals surface area contributed by atoms with Gasteiger partial charge in [0.1, 0.15) is 40.3 Å². The van der Waals surface area contributed by atoms with Crippen LogP contribution in [0.3, 0.4) is 0 Å². The number of allylic oxidation sites excluding steroid dienone is 3. The van der Waals surface area contributed by atoms with E-state index in [0.29, 0.717) is 22.3 Å². The number of phenolic OH excluding ortho intramolecular Hbond substituents is 2. The van der Waals surface area contributed by atoms with E-state index in [4.69, 9.17) is 4.74 Å². The molecule has 4 aliphatic carbocycles. The van der Waals surface area contributed by atoms with Gasteiger partial charge in [-0.05, 0) is 44.1 Å². The first-order valence-electron chi connectivity index (χ1n) is 13.5. The van der Waals surface area contributed by atoms with E-state index in [1.165, 1.54) is 13.2 Å². The molecule has 6 N–H and O–H groups in total. The molecule has 0 fully saturated rings. The lowest BCUT2D eigenvalue weighted by Crippen LogP contribution is -2.69. The van der Waals surface area contributed by atoms with Gasteiger partial charge in [-0.2, -0.15) is 0 Å². The summed E-state index contributed by atoms with van der Waals surface area (Å²) >= 11 is 0. The van der Waals surface area contributed by atoms with Crippen molar-refractivity contribution in [1.29, 1.82) is 0 Å². The first kappa shape index (κ1) is 27.4. The lowest BCUT2D eigenvalue weighted by Gasteiger charge is -2.51. The minimum Gasteiger partial charge on any atom is -0.508 e. The molecule has 0 amide bonds. The van der Waals surface area contributed by atoms with Crippen LogP contribution in [-0.2, 0) is 21.4 Å². The van der Waals surface area contributed by atoms with Gasteiger partial charge in [0.2, 0.25) is 11.4 Å². The quantitative estimate of drug-likeness (QED) is 0.234. The largest absolute Gasteiger partial charge is 0.508 e. The van der Waals surface area contributed by atoms with Gasteiger partial charge in [-0.1, -0.05) is 25.5 Å². The molecule has 6 rings (SSSR count). The number of fused-ring (bicyclic) bond motifs is 4. The van der Waals surface area contributed by atoms with Crippen LogP contribution in [-0.4, -0.2) is 66.3 Å². The van der Waals surface area contributed by atoms with Crippen LogP contribution < -0.4 is 4.74 Å². The average molecular weight is 565 g/mol. The molecule has 10 nitrogen and oxygen atoms in total. The van der Waals surface area contributed by atoms with Crippen LogP contribution >= 0.6 is 0 Å². The Bertz CT molecular complexity index is 1710. The van der Waals surface area contributed by atoms with Crippen molar-refractivity contribution >= 4 is 28.1 Å². The molecular weight excluding hydrogens is 532 g/mol. The molecule has 4 atom stereocenters. The maximum Gasteiger partial charge on any atom is 0.217 e. The number of hydrogen-bond donors (Lipinski definition) is 6. The Labute approximate surface area is 235 Å². The summed E-state index contributed by atoms with van der Waals surface area (Å²) in [6, 6.07) is 1.35. The van der Waals surface area contributed by atoms with Crippen LogP contribution in [0.5, 0.6) is 17.2 Å². The highest BCUT2D eigenvalue weighted by molar-refractivity contribution is 6.24. The fraction of sp³-hybridized carbons (Fsp3) is 0.452. The van der Waals surface area contributed by atoms with E-state index in [1.807, 2.05) is 6.92 Å². The standard InChI is InChI=1S/C31H32O10/c1-12-7-6-8-28(3,4)29(12)10-14-19-21(15(33)9-17(41-5)23(19)29)24(35)22-20(14)25(36)30(39)11-16(34)18(13(2)32)26(37)31(30,40)27(22)38/h7,9,25,33,35-37,39-40H,6,8,10-11H2,1-5H3/t25-,29-,30-,31+/m0/s1. The Morgan fingerprint density at radius 2 is 1.73 bits per heavy atom. The Hall–Kier alpha value is -3.73. The highest BCUT2D eigenvalue weighted by atomic mass is 16.5. The lowest BCUT2D eigenvalue weighted by atomic mass is 9.54. The number of ketones is 3. The third-order valence-electron chi connectivity index (χ3n) is 10.3. The van der Waals surface area contributed by atoms with E-state index >= 15 is 0 Å². The topological polar surface area (TPSA) is 182 Å². The second kappa shape index (κ2) is 7.96. The van der Waals surface area contributed by atoms with Gasteiger partial charge in [0.25, 0.3) is 0 Å². The summed E-state index contributed by atoms with van der Waals surface area (Å²) in [5.41, 5.74) is -7.20. The number of phenols is 2. The van der Waals surface area contributed by atoms with Gasteiger partial charge >= 0.3 is 0 Å². The predicted octanol–water partition coefficient (Wildman–Crippen LogP) is 2.89. The summed E-state index contributed by atoms with van der Waals surface area (Å²) in [5, 5.41) is 69.2. The van der Waals surface area contributed by atoms with Gasteiger partial charge in [-0.25, -0.2) is 0 Å². The Balaban J connectivity index is 1.79. The number of aliphatic hydroxyl groups is 4. The van der Waals surface area contributed by atoms with E-state index < -0.39 is 80.3 Å². The number of rotatable bonds is 2. The smallest absolute Gasteiger partial charge is 0.217 e. The number of carbonyl (C=O) groups is 3. The average Bonchev–Trinajstić information content (AvgIpc) is 3.24. The number of methoxy groups -OCH3 is 1. The van der Waals surface area contributed by atoms with Crippen molar-refractivity contribution in [3.8, 4) is 17.2 Å². The first-order valence-corrected chi connectivity index (χ1v) is 13.5. The fourth-order valence-corrected chi connectivity index (χ4v) is 8.22. The Morgan fingerprint density at radius 1 is 1.07 bits per heavy atom. The van der Waals surface area contributed by atoms with Crippen LogP contribution in [0.15, 0.2) is 29.0 Å². The molecule has 4 aliphatic rings. The maximum atomic E-state index is 14.1. The van der Waals surface area contributed by atoms with E-state index in [-0.39, 0.29) is 17.4 Å². The van der Waals surface area contributed by atoms with Gasteiger partial charge in [0, 0.05) is 34.4 Å². The molecule has 0 aromatic heterocycles. The fourth-order valence-electron chi connectivity index (χ4n) is 8.22. The summed E-state index contributed by atoms with van der Waals surface area (Å²) in [6.45, 7) is 7.09. The van der Waals surface area contributed by atoms with E-state index in [9.17, 15) is 45.0 Å². The zero-order chi connectivity index (χ0) is 30.2. The number of aromatic hydroxyl groups is 2. The van der Waals surface area contributed by atoms with Crippen LogP contribution in [0, 0.1) is 5.41 Å². The van der Waals surface area contributed by atoms with Gasteiger partial charge in [0.15, 0.2) is 11.6 Å². The zero-order valence-electron chi connectivity index (χ0n) is 23.4. The molecule has 0 saturated heterocycles. The molecule has 0 heterocycles. The number of ether oxygens (including phenoxy) is 1. The van der Waals surface area contributed by atoms with Crippen molar-refractivity contribution in [3.05, 3.63) is 51.3 Å². The van der Waals surface area contributed by atoms with Gasteiger partial charge < -0.3 is 35.4 Å². The van der Waals surface area contributed by atoms with Crippen LogP contribution in [0.25, 0.3) is 10.8 Å². The predicted molar refractivity (Wildman–Crippen MR) is 145 cm³/mol. The summed E-state index contributed by atoms with van der Waals surface area (Å²) in [5.74, 6) is -5.67. The van der Waals surface area contributed by atoms with E-state index in [1.54, 1.807) is 0 Å². The molecule has 2 aromatic rings. The number of carbonyl (C=O) groups excluding carboxylic acids is 3. The number of hydrogen-bond acceptors (Lipinski definition) is 10. The Morgan fingerprint density at radius 3 is 2.32 bits per heavy atom. The molecule has 1 spiro atoms. The van der Waals surface area contributed by atoms with Crippen LogP contribution in [0.4, 0.5) is 0 Å². The highest BCUT2D eigenvalue weighted by Crippen LogP contribution is 2.66. The van der Waals surface area contributed by atoms with E-state index in [2.05, 4.69) is 19.9 Å². The first-order chi connectivity index (χ1) is 19.0. The summed E-state index contributed by atoms with van der Waals surface area (Å²) in [4.78, 5) is 39.2. The second-order valence-electron chi connectivity index (χ2n) is 12.5. The molecule has 216 valence electrons. The molecule has 0 aliphatic heterocycles. The van der Waals surface area contributed by atoms with Crippen LogP contribution in [0.1, 0.15) is 80.1 Å². The van der Waals surface area contributed by atoms with Gasteiger partial charge in [-0.3, -0.25) is 14.4 Å². The third kappa shape index (κ3) is 2.80.